The number of likely N-dealkylation sites (tertiary alicyclic amines) is 1. The van der Waals surface area contributed by atoms with E-state index in [1.54, 1.807) is 0 Å². The van der Waals surface area contributed by atoms with E-state index in [1.165, 1.54) is 18.4 Å². The molecule has 0 saturated carbocycles. The maximum atomic E-state index is 5.64. The average Bonchev–Trinajstić information content (AvgIpc) is 3.37. The van der Waals surface area contributed by atoms with Gasteiger partial charge in [0.05, 0.1) is 6.61 Å². The van der Waals surface area contributed by atoms with E-state index in [1.807, 2.05) is 13.1 Å². The normalized spacial score (nSPS) is 24.4. The van der Waals surface area contributed by atoms with E-state index in [2.05, 4.69) is 41.2 Å². The Hall–Kier alpha value is -1.22. The lowest BCUT2D eigenvalue weighted by Crippen LogP contribution is -2.45. The van der Waals surface area contributed by atoms with E-state index in [0.29, 0.717) is 12.2 Å². The van der Waals surface area contributed by atoms with Crippen molar-refractivity contribution in [2.45, 2.75) is 32.1 Å². The van der Waals surface area contributed by atoms with Crippen LogP contribution in [0.3, 0.4) is 0 Å². The third-order valence-corrected chi connectivity index (χ3v) is 5.98. The largest absolute Gasteiger partial charge is 0.454 e. The first-order chi connectivity index (χ1) is 12.5. The highest BCUT2D eigenvalue weighted by Crippen LogP contribution is 2.38. The van der Waals surface area contributed by atoms with Crippen molar-refractivity contribution >= 4 is 29.9 Å². The van der Waals surface area contributed by atoms with E-state index in [-0.39, 0.29) is 29.4 Å². The average molecular weight is 487 g/mol. The highest BCUT2D eigenvalue weighted by atomic mass is 127. The summed E-state index contributed by atoms with van der Waals surface area (Å²) in [6, 6.07) is 6.21. The lowest BCUT2D eigenvalue weighted by molar-refractivity contribution is 0.156. The topological polar surface area (TPSA) is 55.3 Å². The maximum Gasteiger partial charge on any atom is 0.231 e. The summed E-state index contributed by atoms with van der Waals surface area (Å²) in [6.45, 7) is 9.47. The molecule has 4 rings (SSSR count). The summed E-state index contributed by atoms with van der Waals surface area (Å²) < 4.78 is 16.6. The molecule has 6 nitrogen and oxygen atoms in total. The van der Waals surface area contributed by atoms with E-state index in [0.717, 1.165) is 50.3 Å². The zero-order valence-electron chi connectivity index (χ0n) is 16.4. The number of guanidine groups is 1. The smallest absolute Gasteiger partial charge is 0.231 e. The van der Waals surface area contributed by atoms with E-state index < -0.39 is 0 Å². The van der Waals surface area contributed by atoms with Gasteiger partial charge in [0.15, 0.2) is 17.5 Å². The number of hydrogen-bond donors (Lipinski definition) is 1. The second kappa shape index (κ2) is 8.03. The number of aliphatic imine (C=N–C) groups is 1. The summed E-state index contributed by atoms with van der Waals surface area (Å²) in [5, 5.41) is 3.59. The monoisotopic (exact) mass is 487 g/mol. The Balaban J connectivity index is 0.00000210. The number of halogens is 1. The number of nitrogens with one attached hydrogen (secondary N) is 1. The van der Waals surface area contributed by atoms with E-state index in [9.17, 15) is 0 Å². The molecule has 27 heavy (non-hydrogen) atoms. The molecule has 2 saturated heterocycles. The molecule has 2 fully saturated rings. The Morgan fingerprint density at radius 2 is 2.07 bits per heavy atom. The van der Waals surface area contributed by atoms with Gasteiger partial charge in [-0.15, -0.1) is 24.0 Å². The minimum absolute atomic E-state index is 0. The Morgan fingerprint density at radius 3 is 2.81 bits per heavy atom. The van der Waals surface area contributed by atoms with Gasteiger partial charge in [-0.2, -0.15) is 0 Å². The standard InChI is InChI=1S/C20H29N3O3.HI/c1-19(2,15-4-5-16-17(10-15)26-14-25-16)11-22-18(21-3)23-8-6-20(12-23)7-9-24-13-20;/h4-5,10H,6-9,11-14H2,1-3H3,(H,21,22);1H. The molecular formula is C20H30IN3O3. The van der Waals surface area contributed by atoms with Crippen molar-refractivity contribution in [2.24, 2.45) is 10.4 Å². The van der Waals surface area contributed by atoms with Gasteiger partial charge in [0.1, 0.15) is 0 Å². The Kier molecular flexibility index (Phi) is 6.10. The van der Waals surface area contributed by atoms with Gasteiger partial charge in [-0.3, -0.25) is 4.99 Å². The summed E-state index contributed by atoms with van der Waals surface area (Å²) >= 11 is 0. The van der Waals surface area contributed by atoms with E-state index >= 15 is 0 Å². The molecule has 3 aliphatic heterocycles. The molecule has 3 heterocycles. The zero-order chi connectivity index (χ0) is 18.2. The van der Waals surface area contributed by atoms with Gasteiger partial charge in [-0.25, -0.2) is 0 Å². The Bertz CT molecular complexity index is 702. The van der Waals surface area contributed by atoms with Crippen molar-refractivity contribution < 1.29 is 14.2 Å². The predicted octanol–water partition coefficient (Wildman–Crippen LogP) is 3.00. The number of nitrogens with zero attached hydrogens (tertiary/aromatic N) is 2. The predicted molar refractivity (Wildman–Crippen MR) is 116 cm³/mol. The van der Waals surface area contributed by atoms with Crippen LogP contribution in [0.5, 0.6) is 11.5 Å². The molecule has 1 unspecified atom stereocenters. The molecule has 0 aromatic heterocycles. The number of fused-ring (bicyclic) bond motifs is 1. The van der Waals surface area contributed by atoms with Crippen LogP contribution in [-0.2, 0) is 10.2 Å². The minimum Gasteiger partial charge on any atom is -0.454 e. The molecule has 0 bridgehead atoms. The van der Waals surface area contributed by atoms with Gasteiger partial charge in [0.25, 0.3) is 0 Å². The second-order valence-corrected chi connectivity index (χ2v) is 8.33. The molecule has 0 aliphatic carbocycles. The van der Waals surface area contributed by atoms with Crippen molar-refractivity contribution in [3.8, 4) is 11.5 Å². The fourth-order valence-electron chi connectivity index (χ4n) is 4.14. The highest BCUT2D eigenvalue weighted by molar-refractivity contribution is 14.0. The molecule has 1 aromatic carbocycles. The van der Waals surface area contributed by atoms with Crippen LogP contribution in [0.2, 0.25) is 0 Å². The molecule has 7 heteroatoms. The number of benzene rings is 1. The zero-order valence-corrected chi connectivity index (χ0v) is 18.7. The van der Waals surface area contributed by atoms with Crippen LogP contribution in [0.1, 0.15) is 32.3 Å². The van der Waals surface area contributed by atoms with Crippen LogP contribution < -0.4 is 14.8 Å². The van der Waals surface area contributed by atoms with Gasteiger partial charge in [0, 0.05) is 44.1 Å². The van der Waals surface area contributed by atoms with E-state index in [4.69, 9.17) is 14.2 Å². The number of rotatable bonds is 3. The summed E-state index contributed by atoms with van der Waals surface area (Å²) in [5.74, 6) is 2.65. The van der Waals surface area contributed by atoms with Crippen molar-refractivity contribution in [3.63, 3.8) is 0 Å². The molecule has 1 atom stereocenters. The molecule has 150 valence electrons. The van der Waals surface area contributed by atoms with Gasteiger partial charge in [0.2, 0.25) is 6.79 Å². The first-order valence-corrected chi connectivity index (χ1v) is 9.45. The molecule has 1 aromatic rings. The van der Waals surface area contributed by atoms with Crippen LogP contribution in [-0.4, -0.2) is 57.5 Å². The lowest BCUT2D eigenvalue weighted by atomic mass is 9.84. The van der Waals surface area contributed by atoms with Crippen LogP contribution in [0.25, 0.3) is 0 Å². The van der Waals surface area contributed by atoms with Crippen molar-refractivity contribution in [1.29, 1.82) is 0 Å². The first kappa shape index (κ1) is 20.5. The third-order valence-electron chi connectivity index (χ3n) is 5.98. The van der Waals surface area contributed by atoms with Crippen molar-refractivity contribution in [1.82, 2.24) is 10.2 Å². The van der Waals surface area contributed by atoms with Crippen LogP contribution in [0.15, 0.2) is 23.2 Å². The first-order valence-electron chi connectivity index (χ1n) is 9.45. The van der Waals surface area contributed by atoms with Crippen LogP contribution >= 0.6 is 24.0 Å². The molecule has 1 N–H and O–H groups in total. The number of hydrogen-bond acceptors (Lipinski definition) is 4. The lowest BCUT2D eigenvalue weighted by Gasteiger charge is -2.30. The Labute approximate surface area is 178 Å². The van der Waals surface area contributed by atoms with Gasteiger partial charge in [-0.1, -0.05) is 19.9 Å². The van der Waals surface area contributed by atoms with Crippen LogP contribution in [0.4, 0.5) is 0 Å². The van der Waals surface area contributed by atoms with Gasteiger partial charge >= 0.3 is 0 Å². The fraction of sp³-hybridized carbons (Fsp3) is 0.650. The highest BCUT2D eigenvalue weighted by Gasteiger charge is 2.42. The summed E-state index contributed by atoms with van der Waals surface area (Å²) in [4.78, 5) is 6.90. The van der Waals surface area contributed by atoms with Gasteiger partial charge < -0.3 is 24.4 Å². The van der Waals surface area contributed by atoms with Crippen molar-refractivity contribution in [3.05, 3.63) is 23.8 Å². The molecule has 3 aliphatic rings. The quantitative estimate of drug-likeness (QED) is 0.404. The summed E-state index contributed by atoms with van der Waals surface area (Å²) in [7, 11) is 1.87. The summed E-state index contributed by atoms with van der Waals surface area (Å²) in [5.41, 5.74) is 1.52. The van der Waals surface area contributed by atoms with Crippen LogP contribution in [0, 0.1) is 5.41 Å². The fourth-order valence-corrected chi connectivity index (χ4v) is 4.14. The SMILES string of the molecule is CN=C(NCC(C)(C)c1ccc2c(c1)OCO2)N1CCC2(CCOC2)C1.I. The van der Waals surface area contributed by atoms with Crippen molar-refractivity contribution in [2.75, 3.05) is 46.7 Å². The third kappa shape index (κ3) is 4.13. The molecule has 0 amide bonds. The number of ether oxygens (including phenoxy) is 3. The minimum atomic E-state index is -0.0508. The van der Waals surface area contributed by atoms with Gasteiger partial charge in [-0.05, 0) is 30.5 Å². The second-order valence-electron chi connectivity index (χ2n) is 8.33. The maximum absolute atomic E-state index is 5.64. The summed E-state index contributed by atoms with van der Waals surface area (Å²) in [6.07, 6.45) is 2.36. The molecular weight excluding hydrogens is 457 g/mol. The Morgan fingerprint density at radius 1 is 1.26 bits per heavy atom. The molecule has 0 radical (unpaired) electrons. The molecule has 1 spiro atoms.